The molecular formula is C16H20F2N2O3. The first-order chi connectivity index (χ1) is 10.9. The molecule has 2 rings (SSSR count). The zero-order valence-corrected chi connectivity index (χ0v) is 12.8. The third-order valence-electron chi connectivity index (χ3n) is 3.97. The maximum atomic E-state index is 12.5. The minimum absolute atomic E-state index is 0.0609. The first-order valence-corrected chi connectivity index (χ1v) is 7.49. The Morgan fingerprint density at radius 3 is 2.52 bits per heavy atom. The number of benzene rings is 1. The molecule has 0 spiro atoms. The molecule has 1 aromatic carbocycles. The van der Waals surface area contributed by atoms with Gasteiger partial charge in [0.2, 0.25) is 0 Å². The number of carboxylic acid groups (broad SMARTS) is 1. The van der Waals surface area contributed by atoms with Crippen LogP contribution in [0.3, 0.4) is 0 Å². The number of carboxylic acids is 1. The maximum absolute atomic E-state index is 12.5. The fraction of sp³-hybridized carbons (Fsp3) is 0.500. The second-order valence-corrected chi connectivity index (χ2v) is 5.98. The van der Waals surface area contributed by atoms with E-state index in [1.807, 2.05) is 6.92 Å². The molecule has 2 unspecified atom stereocenters. The van der Waals surface area contributed by atoms with Crippen LogP contribution in [0.1, 0.15) is 30.9 Å². The van der Waals surface area contributed by atoms with E-state index in [0.29, 0.717) is 18.5 Å². The Balaban J connectivity index is 1.89. The number of carbonyl (C=O) groups excluding carboxylic acids is 1. The van der Waals surface area contributed by atoms with E-state index < -0.39 is 18.3 Å². The predicted octanol–water partition coefficient (Wildman–Crippen LogP) is 2.88. The molecule has 2 amide bonds. The van der Waals surface area contributed by atoms with Gasteiger partial charge >= 0.3 is 12.0 Å². The van der Waals surface area contributed by atoms with Gasteiger partial charge in [0.05, 0.1) is 5.92 Å². The summed E-state index contributed by atoms with van der Waals surface area (Å²) in [5.74, 6) is -1.31. The molecule has 0 radical (unpaired) electrons. The Labute approximate surface area is 133 Å². The number of likely N-dealkylation sites (tertiary alicyclic amines) is 1. The summed E-state index contributed by atoms with van der Waals surface area (Å²) in [5.41, 5.74) is 0.650. The number of carbonyl (C=O) groups is 2. The predicted molar refractivity (Wildman–Crippen MR) is 80.1 cm³/mol. The Morgan fingerprint density at radius 2 is 1.96 bits per heavy atom. The lowest BCUT2D eigenvalue weighted by Gasteiger charge is -2.34. The van der Waals surface area contributed by atoms with Crippen molar-refractivity contribution in [2.75, 3.05) is 13.1 Å². The van der Waals surface area contributed by atoms with Gasteiger partial charge in [-0.05, 0) is 17.9 Å². The van der Waals surface area contributed by atoms with E-state index in [4.69, 9.17) is 5.11 Å². The molecule has 1 aliphatic heterocycles. The number of hydrogen-bond donors (Lipinski definition) is 2. The summed E-state index contributed by atoms with van der Waals surface area (Å²) >= 11 is 0. The highest BCUT2D eigenvalue weighted by molar-refractivity contribution is 5.76. The molecule has 2 N–H and O–H groups in total. The number of nitrogens with one attached hydrogen (secondary N) is 1. The number of halogens is 2. The Bertz CT molecular complexity index is 563. The van der Waals surface area contributed by atoms with Crippen LogP contribution >= 0.6 is 0 Å². The molecule has 0 saturated carbocycles. The molecule has 1 heterocycles. The van der Waals surface area contributed by atoms with Crippen molar-refractivity contribution in [3.05, 3.63) is 35.4 Å². The molecule has 5 nitrogen and oxygen atoms in total. The normalized spacial score (nSPS) is 21.3. The zero-order chi connectivity index (χ0) is 17.0. The average Bonchev–Trinajstić information content (AvgIpc) is 2.52. The zero-order valence-electron chi connectivity index (χ0n) is 12.8. The van der Waals surface area contributed by atoms with Gasteiger partial charge in [0.1, 0.15) is 0 Å². The second-order valence-electron chi connectivity index (χ2n) is 5.98. The molecule has 7 heteroatoms. The lowest BCUT2D eigenvalue weighted by Crippen LogP contribution is -2.49. The van der Waals surface area contributed by atoms with Crippen LogP contribution in [0.15, 0.2) is 24.3 Å². The Kier molecular flexibility index (Phi) is 5.52. The van der Waals surface area contributed by atoms with Gasteiger partial charge in [-0.3, -0.25) is 4.79 Å². The van der Waals surface area contributed by atoms with Crippen LogP contribution in [0.25, 0.3) is 0 Å². The SMILES string of the molecule is CC1CC(C(=O)O)CN(C(=O)NCc2ccc(C(F)F)cc2)C1. The van der Waals surface area contributed by atoms with Crippen LogP contribution in [0, 0.1) is 11.8 Å². The summed E-state index contributed by atoms with van der Waals surface area (Å²) in [4.78, 5) is 24.8. The van der Waals surface area contributed by atoms with Crippen LogP contribution in [0.2, 0.25) is 0 Å². The molecule has 1 fully saturated rings. The van der Waals surface area contributed by atoms with Crippen molar-refractivity contribution < 1.29 is 23.5 Å². The number of hydrogen-bond acceptors (Lipinski definition) is 2. The molecule has 0 aliphatic carbocycles. The van der Waals surface area contributed by atoms with Crippen molar-refractivity contribution in [1.82, 2.24) is 10.2 Å². The van der Waals surface area contributed by atoms with Crippen molar-refractivity contribution in [2.45, 2.75) is 26.3 Å². The first-order valence-electron chi connectivity index (χ1n) is 7.49. The number of nitrogens with zero attached hydrogens (tertiary/aromatic N) is 1. The lowest BCUT2D eigenvalue weighted by molar-refractivity contribution is -0.143. The van der Waals surface area contributed by atoms with Gasteiger partial charge in [0, 0.05) is 25.2 Å². The van der Waals surface area contributed by atoms with E-state index in [9.17, 15) is 18.4 Å². The summed E-state index contributed by atoms with van der Waals surface area (Å²) in [6, 6.07) is 5.41. The minimum atomic E-state index is -2.51. The van der Waals surface area contributed by atoms with Gasteiger partial charge in [-0.25, -0.2) is 13.6 Å². The molecule has 2 atom stereocenters. The smallest absolute Gasteiger partial charge is 0.317 e. The monoisotopic (exact) mass is 326 g/mol. The summed E-state index contributed by atoms with van der Waals surface area (Å²) in [7, 11) is 0. The van der Waals surface area contributed by atoms with Crippen molar-refractivity contribution >= 4 is 12.0 Å². The minimum Gasteiger partial charge on any atom is -0.481 e. The highest BCUT2D eigenvalue weighted by Gasteiger charge is 2.31. The van der Waals surface area contributed by atoms with Crippen LogP contribution in [0.5, 0.6) is 0 Å². The summed E-state index contributed by atoms with van der Waals surface area (Å²) in [6.07, 6.45) is -1.95. The van der Waals surface area contributed by atoms with Gasteiger partial charge < -0.3 is 15.3 Å². The van der Waals surface area contributed by atoms with Gasteiger partial charge in [-0.2, -0.15) is 0 Å². The Hall–Kier alpha value is -2.18. The van der Waals surface area contributed by atoms with Gasteiger partial charge in [0.25, 0.3) is 6.43 Å². The van der Waals surface area contributed by atoms with Gasteiger partial charge in [0.15, 0.2) is 0 Å². The molecule has 126 valence electrons. The Morgan fingerprint density at radius 1 is 1.30 bits per heavy atom. The number of aliphatic carboxylic acids is 1. The first kappa shape index (κ1) is 17.2. The quantitative estimate of drug-likeness (QED) is 0.894. The largest absolute Gasteiger partial charge is 0.481 e. The third-order valence-corrected chi connectivity index (χ3v) is 3.97. The van der Waals surface area contributed by atoms with E-state index in [2.05, 4.69) is 5.32 Å². The number of amides is 2. The molecule has 23 heavy (non-hydrogen) atoms. The topological polar surface area (TPSA) is 69.6 Å². The molecule has 0 bridgehead atoms. The molecule has 1 aliphatic rings. The van der Waals surface area contributed by atoms with Crippen molar-refractivity contribution in [3.8, 4) is 0 Å². The number of piperidine rings is 1. The molecule has 1 saturated heterocycles. The number of alkyl halides is 2. The van der Waals surface area contributed by atoms with E-state index in [1.165, 1.54) is 17.0 Å². The van der Waals surface area contributed by atoms with Crippen LogP contribution in [-0.4, -0.2) is 35.1 Å². The second kappa shape index (κ2) is 7.39. The lowest BCUT2D eigenvalue weighted by atomic mass is 9.91. The highest BCUT2D eigenvalue weighted by atomic mass is 19.3. The van der Waals surface area contributed by atoms with Crippen molar-refractivity contribution in [2.24, 2.45) is 11.8 Å². The fourth-order valence-corrected chi connectivity index (χ4v) is 2.77. The molecule has 1 aromatic rings. The van der Waals surface area contributed by atoms with Gasteiger partial charge in [-0.15, -0.1) is 0 Å². The van der Waals surface area contributed by atoms with Crippen LogP contribution in [-0.2, 0) is 11.3 Å². The highest BCUT2D eigenvalue weighted by Crippen LogP contribution is 2.22. The summed E-state index contributed by atoms with van der Waals surface area (Å²) in [6.45, 7) is 2.83. The average molecular weight is 326 g/mol. The van der Waals surface area contributed by atoms with Gasteiger partial charge in [-0.1, -0.05) is 31.2 Å². The van der Waals surface area contributed by atoms with E-state index in [1.54, 1.807) is 12.1 Å². The van der Waals surface area contributed by atoms with Crippen LogP contribution in [0.4, 0.5) is 13.6 Å². The number of urea groups is 1. The summed E-state index contributed by atoms with van der Waals surface area (Å²) in [5, 5.41) is 11.8. The number of rotatable bonds is 4. The molecule has 0 aromatic heterocycles. The third kappa shape index (κ3) is 4.64. The van der Waals surface area contributed by atoms with Crippen molar-refractivity contribution in [1.29, 1.82) is 0 Å². The fourth-order valence-electron chi connectivity index (χ4n) is 2.77. The van der Waals surface area contributed by atoms with E-state index in [0.717, 1.165) is 0 Å². The van der Waals surface area contributed by atoms with E-state index in [-0.39, 0.29) is 30.6 Å². The summed E-state index contributed by atoms with van der Waals surface area (Å²) < 4.78 is 24.9. The maximum Gasteiger partial charge on any atom is 0.317 e. The molecular weight excluding hydrogens is 306 g/mol. The van der Waals surface area contributed by atoms with Crippen LogP contribution < -0.4 is 5.32 Å². The van der Waals surface area contributed by atoms with E-state index >= 15 is 0 Å². The standard InChI is InChI=1S/C16H20F2N2O3/c1-10-6-13(15(21)22)9-20(8-10)16(23)19-7-11-2-4-12(5-3-11)14(17)18/h2-5,10,13-14H,6-9H2,1H3,(H,19,23)(H,21,22). The van der Waals surface area contributed by atoms with Crippen molar-refractivity contribution in [3.63, 3.8) is 0 Å².